The highest BCUT2D eigenvalue weighted by atomic mass is 16.1. The number of pyridine rings is 1. The molecule has 100 valence electrons. The van der Waals surface area contributed by atoms with E-state index in [1.54, 1.807) is 28.9 Å². The van der Waals surface area contributed by atoms with Crippen LogP contribution in [-0.4, -0.2) is 25.1 Å². The van der Waals surface area contributed by atoms with Crippen LogP contribution in [0.15, 0.2) is 61.3 Å². The third-order valence-electron chi connectivity index (χ3n) is 3.41. The summed E-state index contributed by atoms with van der Waals surface area (Å²) in [5, 5.41) is 0.837. The lowest BCUT2D eigenvalue weighted by Crippen LogP contribution is -2.06. The van der Waals surface area contributed by atoms with Gasteiger partial charge in [-0.1, -0.05) is 6.07 Å². The second-order valence-electron chi connectivity index (χ2n) is 4.70. The number of aromatic nitrogens is 4. The first kappa shape index (κ1) is 11.7. The maximum Gasteiger partial charge on any atom is 0.228 e. The van der Waals surface area contributed by atoms with Gasteiger partial charge in [0.2, 0.25) is 5.78 Å². The Hall–Kier alpha value is -3.08. The van der Waals surface area contributed by atoms with Crippen molar-refractivity contribution < 1.29 is 4.79 Å². The zero-order chi connectivity index (χ0) is 14.2. The maximum atomic E-state index is 12.6. The summed E-state index contributed by atoms with van der Waals surface area (Å²) in [5.41, 5.74) is 2.29. The Morgan fingerprint density at radius 3 is 2.95 bits per heavy atom. The van der Waals surface area contributed by atoms with Gasteiger partial charge in [-0.15, -0.1) is 0 Å². The molecule has 21 heavy (non-hydrogen) atoms. The van der Waals surface area contributed by atoms with Crippen LogP contribution in [0.1, 0.15) is 16.2 Å². The zero-order valence-corrected chi connectivity index (χ0v) is 11.0. The predicted octanol–water partition coefficient (Wildman–Crippen LogP) is 2.51. The smallest absolute Gasteiger partial charge is 0.228 e. The van der Waals surface area contributed by atoms with E-state index in [1.165, 1.54) is 6.33 Å². The molecule has 0 atom stereocenters. The first-order valence-electron chi connectivity index (χ1n) is 6.49. The highest BCUT2D eigenvalue weighted by Gasteiger charge is 2.15. The lowest BCUT2D eigenvalue weighted by atomic mass is 10.1. The van der Waals surface area contributed by atoms with E-state index in [9.17, 15) is 4.79 Å². The van der Waals surface area contributed by atoms with Gasteiger partial charge in [0.25, 0.3) is 0 Å². The van der Waals surface area contributed by atoms with E-state index >= 15 is 0 Å². The average Bonchev–Trinajstić information content (AvgIpc) is 2.98. The molecule has 4 rings (SSSR count). The first-order chi connectivity index (χ1) is 10.3. The Morgan fingerprint density at radius 1 is 1.05 bits per heavy atom. The molecule has 0 aliphatic carbocycles. The molecule has 0 spiro atoms. The van der Waals surface area contributed by atoms with Crippen LogP contribution in [0, 0.1) is 0 Å². The number of carbonyl (C=O) groups is 1. The lowest BCUT2D eigenvalue weighted by Gasteiger charge is -2.02. The number of benzene rings is 1. The van der Waals surface area contributed by atoms with Crippen LogP contribution in [0.4, 0.5) is 0 Å². The van der Waals surface area contributed by atoms with Gasteiger partial charge in [0.05, 0.1) is 17.2 Å². The molecule has 0 saturated heterocycles. The maximum absolute atomic E-state index is 12.6. The summed E-state index contributed by atoms with van der Waals surface area (Å²) in [6, 6.07) is 11.1. The summed E-state index contributed by atoms with van der Waals surface area (Å²) in [6.45, 7) is 0. The van der Waals surface area contributed by atoms with Gasteiger partial charge in [0, 0.05) is 23.3 Å². The minimum absolute atomic E-state index is 0.119. The largest absolute Gasteiger partial charge is 0.297 e. The van der Waals surface area contributed by atoms with Gasteiger partial charge in [-0.2, -0.15) is 0 Å². The third kappa shape index (κ3) is 1.87. The molecule has 0 radical (unpaired) electrons. The summed E-state index contributed by atoms with van der Waals surface area (Å²) in [5.74, 6) is 0.286. The molecular weight excluding hydrogens is 264 g/mol. The quantitative estimate of drug-likeness (QED) is 0.527. The number of rotatable bonds is 2. The number of fused-ring (bicyclic) bond motifs is 2. The summed E-state index contributed by atoms with van der Waals surface area (Å²) in [7, 11) is 0. The SMILES string of the molecule is O=C(c1ccc2ncncc2c1)c1ncc2ccccn12. The fourth-order valence-electron chi connectivity index (χ4n) is 2.37. The second kappa shape index (κ2) is 4.49. The van der Waals surface area contributed by atoms with Gasteiger partial charge in [-0.05, 0) is 30.3 Å². The standard InChI is InChI=1S/C16H10N4O/c21-15(16-18-9-13-3-1-2-6-20(13)16)11-4-5-14-12(7-11)8-17-10-19-14/h1-10H. The highest BCUT2D eigenvalue weighted by molar-refractivity contribution is 6.08. The molecule has 0 aliphatic rings. The minimum atomic E-state index is -0.119. The van der Waals surface area contributed by atoms with Crippen LogP contribution in [0.3, 0.4) is 0 Å². The van der Waals surface area contributed by atoms with Crippen molar-refractivity contribution >= 4 is 22.2 Å². The van der Waals surface area contributed by atoms with Crippen molar-refractivity contribution in [3.05, 3.63) is 72.7 Å². The van der Waals surface area contributed by atoms with E-state index in [2.05, 4.69) is 15.0 Å². The first-order valence-corrected chi connectivity index (χ1v) is 6.49. The topological polar surface area (TPSA) is 60.2 Å². The van der Waals surface area contributed by atoms with Crippen molar-refractivity contribution in [2.45, 2.75) is 0 Å². The molecule has 0 unspecified atom stereocenters. The molecule has 0 bridgehead atoms. The Morgan fingerprint density at radius 2 is 2.00 bits per heavy atom. The molecule has 4 aromatic rings. The number of carbonyl (C=O) groups excluding carboxylic acids is 1. The summed E-state index contributed by atoms with van der Waals surface area (Å²) >= 11 is 0. The molecular formula is C16H10N4O. The second-order valence-corrected chi connectivity index (χ2v) is 4.70. The monoisotopic (exact) mass is 274 g/mol. The van der Waals surface area contributed by atoms with Crippen LogP contribution in [-0.2, 0) is 0 Å². The average molecular weight is 274 g/mol. The highest BCUT2D eigenvalue weighted by Crippen LogP contribution is 2.16. The van der Waals surface area contributed by atoms with Crippen molar-refractivity contribution in [3.8, 4) is 0 Å². The predicted molar refractivity (Wildman–Crippen MR) is 78.2 cm³/mol. The van der Waals surface area contributed by atoms with Crippen LogP contribution in [0.25, 0.3) is 16.4 Å². The van der Waals surface area contributed by atoms with E-state index in [0.717, 1.165) is 16.4 Å². The van der Waals surface area contributed by atoms with Crippen molar-refractivity contribution in [1.29, 1.82) is 0 Å². The van der Waals surface area contributed by atoms with Crippen LogP contribution >= 0.6 is 0 Å². The molecule has 5 nitrogen and oxygen atoms in total. The molecule has 0 fully saturated rings. The fourth-order valence-corrected chi connectivity index (χ4v) is 2.37. The molecule has 5 heteroatoms. The zero-order valence-electron chi connectivity index (χ0n) is 11.0. The van der Waals surface area contributed by atoms with E-state index < -0.39 is 0 Å². The van der Waals surface area contributed by atoms with E-state index in [0.29, 0.717) is 11.4 Å². The summed E-state index contributed by atoms with van der Waals surface area (Å²) in [4.78, 5) is 25.0. The normalized spacial score (nSPS) is 11.0. The van der Waals surface area contributed by atoms with Crippen LogP contribution in [0.5, 0.6) is 0 Å². The van der Waals surface area contributed by atoms with Gasteiger partial charge >= 0.3 is 0 Å². The molecule has 0 N–H and O–H groups in total. The van der Waals surface area contributed by atoms with E-state index in [-0.39, 0.29) is 5.78 Å². The van der Waals surface area contributed by atoms with Gasteiger partial charge in [-0.3, -0.25) is 9.20 Å². The molecule has 0 amide bonds. The fraction of sp³-hybridized carbons (Fsp3) is 0. The molecule has 3 heterocycles. The van der Waals surface area contributed by atoms with Crippen LogP contribution in [0.2, 0.25) is 0 Å². The van der Waals surface area contributed by atoms with Crippen molar-refractivity contribution in [3.63, 3.8) is 0 Å². The van der Waals surface area contributed by atoms with Crippen molar-refractivity contribution in [2.24, 2.45) is 0 Å². The number of nitrogens with zero attached hydrogens (tertiary/aromatic N) is 4. The lowest BCUT2D eigenvalue weighted by molar-refractivity contribution is 0.102. The molecule has 3 aromatic heterocycles. The van der Waals surface area contributed by atoms with Gasteiger partial charge in [-0.25, -0.2) is 15.0 Å². The number of imidazole rings is 1. The molecule has 0 saturated carbocycles. The number of ketones is 1. The van der Waals surface area contributed by atoms with E-state index in [1.807, 2.05) is 30.5 Å². The van der Waals surface area contributed by atoms with E-state index in [4.69, 9.17) is 0 Å². The Kier molecular flexibility index (Phi) is 2.50. The summed E-state index contributed by atoms with van der Waals surface area (Å²) < 4.78 is 1.79. The molecule has 1 aromatic carbocycles. The van der Waals surface area contributed by atoms with Gasteiger partial charge in [0.15, 0.2) is 5.82 Å². The van der Waals surface area contributed by atoms with Crippen molar-refractivity contribution in [2.75, 3.05) is 0 Å². The number of hydrogen-bond donors (Lipinski definition) is 0. The molecule has 0 aliphatic heterocycles. The van der Waals surface area contributed by atoms with Crippen LogP contribution < -0.4 is 0 Å². The third-order valence-corrected chi connectivity index (χ3v) is 3.41. The Labute approximate surface area is 119 Å². The Balaban J connectivity index is 1.86. The van der Waals surface area contributed by atoms with Crippen molar-refractivity contribution in [1.82, 2.24) is 19.4 Å². The summed E-state index contributed by atoms with van der Waals surface area (Å²) in [6.07, 6.45) is 6.71. The minimum Gasteiger partial charge on any atom is -0.297 e. The van der Waals surface area contributed by atoms with Gasteiger partial charge in [0.1, 0.15) is 6.33 Å². The van der Waals surface area contributed by atoms with Gasteiger partial charge < -0.3 is 0 Å². The number of hydrogen-bond acceptors (Lipinski definition) is 4. The Bertz CT molecular complexity index is 974.